The number of H-pyrrole nitrogens is 1. The molecule has 1 N–H and O–H groups in total. The van der Waals surface area contributed by atoms with Crippen molar-refractivity contribution in [1.29, 1.82) is 0 Å². The molecule has 2 aromatic rings. The van der Waals surface area contributed by atoms with Gasteiger partial charge in [0.1, 0.15) is 29.6 Å². The Kier molecular flexibility index (Phi) is 3.69. The minimum absolute atomic E-state index is 0.179. The third-order valence-corrected chi connectivity index (χ3v) is 4.78. The van der Waals surface area contributed by atoms with Gasteiger partial charge in [0.2, 0.25) is 6.33 Å². The number of hydrogen-bond donors (Lipinski definition) is 0. The summed E-state index contributed by atoms with van der Waals surface area (Å²) in [7, 11) is 0. The highest BCUT2D eigenvalue weighted by molar-refractivity contribution is 5.96. The number of nitrogens with one attached hydrogen (secondary N) is 1. The van der Waals surface area contributed by atoms with Crippen molar-refractivity contribution in [2.75, 3.05) is 13.2 Å². The number of aromatic nitrogens is 2. The summed E-state index contributed by atoms with van der Waals surface area (Å²) in [5.41, 5.74) is -0.0129. The van der Waals surface area contributed by atoms with Gasteiger partial charge in [0.25, 0.3) is 0 Å². The Morgan fingerprint density at radius 2 is 2.04 bits per heavy atom. The summed E-state index contributed by atoms with van der Waals surface area (Å²) in [5, 5.41) is 0. The van der Waals surface area contributed by atoms with Crippen LogP contribution in [0.3, 0.4) is 0 Å². The number of nitrogens with zero attached hydrogens (tertiary/aromatic N) is 1. The molecule has 0 bridgehead atoms. The van der Waals surface area contributed by atoms with E-state index in [1.165, 1.54) is 23.3 Å². The molecule has 1 aromatic heterocycles. The summed E-state index contributed by atoms with van der Waals surface area (Å²) < 4.78 is 41.4. The molecule has 5 nitrogen and oxygen atoms in total. The number of benzene rings is 1. The first-order chi connectivity index (χ1) is 11.6. The summed E-state index contributed by atoms with van der Waals surface area (Å²) in [5.74, 6) is -2.75. The summed E-state index contributed by atoms with van der Waals surface area (Å²) in [6, 6.07) is 2.11. The van der Waals surface area contributed by atoms with Crippen LogP contribution in [0.15, 0.2) is 30.9 Å². The number of aromatic amines is 1. The Morgan fingerprint density at radius 3 is 2.75 bits per heavy atom. The van der Waals surface area contributed by atoms with Gasteiger partial charge in [-0.3, -0.25) is 0 Å². The van der Waals surface area contributed by atoms with Crippen molar-refractivity contribution in [2.45, 2.75) is 31.0 Å². The second kappa shape index (κ2) is 5.75. The van der Waals surface area contributed by atoms with Crippen molar-refractivity contribution in [2.24, 2.45) is 0 Å². The van der Waals surface area contributed by atoms with E-state index < -0.39 is 23.3 Å². The zero-order valence-corrected chi connectivity index (χ0v) is 12.9. The second-order valence-corrected chi connectivity index (χ2v) is 6.22. The van der Waals surface area contributed by atoms with Gasteiger partial charge >= 0.3 is 5.91 Å². The molecular formula is C17H17F2N2O3+. The van der Waals surface area contributed by atoms with E-state index in [-0.39, 0.29) is 17.0 Å². The minimum Gasteiger partial charge on any atom is -0.348 e. The van der Waals surface area contributed by atoms with Crippen LogP contribution in [0.4, 0.5) is 8.78 Å². The Balaban J connectivity index is 1.62. The molecule has 1 aliphatic carbocycles. The molecule has 1 aliphatic heterocycles. The molecule has 4 rings (SSSR count). The molecule has 2 heterocycles. The second-order valence-electron chi connectivity index (χ2n) is 6.22. The minimum atomic E-state index is -0.723. The SMILES string of the molecule is O=C(c1cc(F)c(C2CCC3(C2)OCCO3)cc1F)n1cc[nH+]c1. The van der Waals surface area contributed by atoms with E-state index in [0.717, 1.165) is 12.1 Å². The molecule has 7 heteroatoms. The molecule has 24 heavy (non-hydrogen) atoms. The van der Waals surface area contributed by atoms with Crippen LogP contribution >= 0.6 is 0 Å². The maximum atomic E-state index is 14.5. The molecule has 1 aromatic carbocycles. The van der Waals surface area contributed by atoms with E-state index in [1.54, 1.807) is 0 Å². The Bertz CT molecular complexity index is 770. The predicted octanol–water partition coefficient (Wildman–Crippen LogP) is 2.28. The average molecular weight is 335 g/mol. The van der Waals surface area contributed by atoms with Crippen LogP contribution in [0.1, 0.15) is 41.1 Å². The fourth-order valence-electron chi connectivity index (χ4n) is 3.59. The zero-order chi connectivity index (χ0) is 16.7. The number of ether oxygens (including phenoxy) is 2. The highest BCUT2D eigenvalue weighted by Gasteiger charge is 2.45. The van der Waals surface area contributed by atoms with Crippen LogP contribution in [0.5, 0.6) is 0 Å². The quantitative estimate of drug-likeness (QED) is 0.846. The molecule has 0 radical (unpaired) electrons. The van der Waals surface area contributed by atoms with Crippen molar-refractivity contribution < 1.29 is 28.0 Å². The molecule has 0 amide bonds. The predicted molar refractivity (Wildman–Crippen MR) is 78.3 cm³/mol. The zero-order valence-electron chi connectivity index (χ0n) is 12.9. The topological polar surface area (TPSA) is 54.6 Å². The molecule has 126 valence electrons. The van der Waals surface area contributed by atoms with Gasteiger partial charge in [-0.15, -0.1) is 0 Å². The third kappa shape index (κ3) is 2.53. The number of halogens is 2. The number of hydrogen-bond acceptors (Lipinski definition) is 3. The first-order valence-corrected chi connectivity index (χ1v) is 7.94. The largest absolute Gasteiger partial charge is 0.348 e. The summed E-state index contributed by atoms with van der Waals surface area (Å²) in [6.07, 6.45) is 6.18. The molecular weight excluding hydrogens is 318 g/mol. The van der Waals surface area contributed by atoms with Gasteiger partial charge in [0.05, 0.1) is 13.2 Å². The Labute approximate surface area is 137 Å². The lowest BCUT2D eigenvalue weighted by Gasteiger charge is -2.21. The van der Waals surface area contributed by atoms with Gasteiger partial charge in [-0.05, 0) is 30.0 Å². The van der Waals surface area contributed by atoms with Gasteiger partial charge < -0.3 is 9.47 Å². The van der Waals surface area contributed by atoms with E-state index >= 15 is 0 Å². The number of imidazole rings is 1. The van der Waals surface area contributed by atoms with Gasteiger partial charge in [-0.25, -0.2) is 18.6 Å². The van der Waals surface area contributed by atoms with E-state index in [2.05, 4.69) is 4.98 Å². The van der Waals surface area contributed by atoms with Crippen LogP contribution in [0.2, 0.25) is 0 Å². The Hall–Kier alpha value is -2.12. The monoisotopic (exact) mass is 335 g/mol. The molecule has 1 saturated heterocycles. The first kappa shape index (κ1) is 15.4. The van der Waals surface area contributed by atoms with Crippen molar-refractivity contribution in [1.82, 2.24) is 4.57 Å². The van der Waals surface area contributed by atoms with E-state index in [1.807, 2.05) is 0 Å². The molecule has 1 unspecified atom stereocenters. The van der Waals surface area contributed by atoms with Crippen molar-refractivity contribution in [3.05, 3.63) is 53.6 Å². The van der Waals surface area contributed by atoms with E-state index in [9.17, 15) is 13.6 Å². The normalized spacial score (nSPS) is 22.3. The summed E-state index contributed by atoms with van der Waals surface area (Å²) in [4.78, 5) is 14.9. The maximum Gasteiger partial charge on any atom is 0.348 e. The summed E-state index contributed by atoms with van der Waals surface area (Å²) in [6.45, 7) is 1.07. The van der Waals surface area contributed by atoms with Gasteiger partial charge in [-0.2, -0.15) is 4.57 Å². The number of carbonyl (C=O) groups excluding carboxylic acids is 1. The fraction of sp³-hybridized carbons (Fsp3) is 0.412. The van der Waals surface area contributed by atoms with Crippen molar-refractivity contribution >= 4 is 5.91 Å². The van der Waals surface area contributed by atoms with Crippen molar-refractivity contribution in [3.63, 3.8) is 0 Å². The number of carbonyl (C=O) groups is 1. The molecule has 1 spiro atoms. The van der Waals surface area contributed by atoms with Crippen LogP contribution < -0.4 is 4.98 Å². The highest BCUT2D eigenvalue weighted by Crippen LogP contribution is 2.46. The summed E-state index contributed by atoms with van der Waals surface area (Å²) >= 11 is 0. The van der Waals surface area contributed by atoms with E-state index in [0.29, 0.717) is 32.5 Å². The van der Waals surface area contributed by atoms with Crippen LogP contribution in [0, 0.1) is 11.6 Å². The first-order valence-electron chi connectivity index (χ1n) is 7.94. The van der Waals surface area contributed by atoms with Crippen LogP contribution in [0.25, 0.3) is 0 Å². The maximum absolute atomic E-state index is 14.5. The molecule has 2 aliphatic rings. The molecule has 1 saturated carbocycles. The highest BCUT2D eigenvalue weighted by atomic mass is 19.1. The lowest BCUT2D eigenvalue weighted by Crippen LogP contribution is -2.25. The van der Waals surface area contributed by atoms with Gasteiger partial charge in [-0.1, -0.05) is 0 Å². The van der Waals surface area contributed by atoms with Gasteiger partial charge in [0, 0.05) is 12.8 Å². The van der Waals surface area contributed by atoms with E-state index in [4.69, 9.17) is 9.47 Å². The van der Waals surface area contributed by atoms with Gasteiger partial charge in [0.15, 0.2) is 5.79 Å². The lowest BCUT2D eigenvalue weighted by molar-refractivity contribution is -0.376. The van der Waals surface area contributed by atoms with Crippen molar-refractivity contribution in [3.8, 4) is 0 Å². The number of rotatable bonds is 2. The molecule has 2 fully saturated rings. The lowest BCUT2D eigenvalue weighted by atomic mass is 9.95. The standard InChI is InChI=1S/C17H16F2N2O3/c18-14-8-13(16(22)21-4-3-20-10-21)15(19)7-12(14)11-1-2-17(9-11)23-5-6-24-17/h3-4,7-8,10-11H,1-2,5-6,9H2/p+1. The third-order valence-electron chi connectivity index (χ3n) is 4.78. The van der Waals surface area contributed by atoms with Crippen LogP contribution in [-0.4, -0.2) is 29.5 Å². The Morgan fingerprint density at radius 1 is 1.25 bits per heavy atom. The smallest absolute Gasteiger partial charge is 0.348 e. The molecule has 1 atom stereocenters. The average Bonchev–Trinajstić information content (AvgIpc) is 3.32. The van der Waals surface area contributed by atoms with Crippen LogP contribution in [-0.2, 0) is 9.47 Å². The fourth-order valence-corrected chi connectivity index (χ4v) is 3.59.